The highest BCUT2D eigenvalue weighted by atomic mass is 16.5. The standard InChI is InChI=1S/C8H10N4O/c1-6-10-8(13-11-6)7(4-9)5-12(2)3/h5H,1-3H3/b7-5-. The highest BCUT2D eigenvalue weighted by molar-refractivity contribution is 5.70. The quantitative estimate of drug-likeness (QED) is 0.627. The van der Waals surface area contributed by atoms with Crippen molar-refractivity contribution in [2.75, 3.05) is 14.1 Å². The molecule has 5 heteroatoms. The fraction of sp³-hybridized carbons (Fsp3) is 0.375. The van der Waals surface area contributed by atoms with E-state index in [4.69, 9.17) is 9.78 Å². The zero-order valence-electron chi connectivity index (χ0n) is 7.77. The van der Waals surface area contributed by atoms with E-state index in [-0.39, 0.29) is 5.89 Å². The van der Waals surface area contributed by atoms with Gasteiger partial charge in [0.15, 0.2) is 5.82 Å². The molecule has 0 N–H and O–H groups in total. The van der Waals surface area contributed by atoms with E-state index in [9.17, 15) is 0 Å². The van der Waals surface area contributed by atoms with Gasteiger partial charge in [0.05, 0.1) is 0 Å². The summed E-state index contributed by atoms with van der Waals surface area (Å²) in [6.07, 6.45) is 1.63. The summed E-state index contributed by atoms with van der Waals surface area (Å²) in [5.41, 5.74) is 0.366. The zero-order chi connectivity index (χ0) is 9.84. The number of hydrogen-bond acceptors (Lipinski definition) is 5. The minimum atomic E-state index is 0.258. The molecule has 1 rings (SSSR count). The Labute approximate surface area is 76.3 Å². The molecular weight excluding hydrogens is 168 g/mol. The Morgan fingerprint density at radius 3 is 2.69 bits per heavy atom. The lowest BCUT2D eigenvalue weighted by Gasteiger charge is -2.03. The molecule has 0 radical (unpaired) electrons. The van der Waals surface area contributed by atoms with Crippen molar-refractivity contribution in [1.29, 1.82) is 5.26 Å². The first-order valence-electron chi connectivity index (χ1n) is 3.72. The van der Waals surface area contributed by atoms with Gasteiger partial charge in [0, 0.05) is 20.3 Å². The summed E-state index contributed by atoms with van der Waals surface area (Å²) in [4.78, 5) is 5.69. The highest BCUT2D eigenvalue weighted by Crippen LogP contribution is 2.10. The minimum absolute atomic E-state index is 0.258. The van der Waals surface area contributed by atoms with Gasteiger partial charge < -0.3 is 9.42 Å². The highest BCUT2D eigenvalue weighted by Gasteiger charge is 2.08. The molecule has 0 atom stereocenters. The van der Waals surface area contributed by atoms with Crippen molar-refractivity contribution in [3.05, 3.63) is 17.9 Å². The molecule has 68 valence electrons. The van der Waals surface area contributed by atoms with Crippen molar-refractivity contribution in [2.45, 2.75) is 6.92 Å². The lowest BCUT2D eigenvalue weighted by atomic mass is 10.3. The molecule has 0 spiro atoms. The van der Waals surface area contributed by atoms with Crippen LogP contribution in [-0.4, -0.2) is 29.1 Å². The van der Waals surface area contributed by atoms with Crippen LogP contribution in [0.1, 0.15) is 11.7 Å². The van der Waals surface area contributed by atoms with Gasteiger partial charge in [0.1, 0.15) is 11.6 Å². The van der Waals surface area contributed by atoms with Gasteiger partial charge in [-0.25, -0.2) is 0 Å². The molecule has 1 aromatic rings. The van der Waals surface area contributed by atoms with Crippen LogP contribution in [0, 0.1) is 18.3 Å². The van der Waals surface area contributed by atoms with Gasteiger partial charge in [-0.3, -0.25) is 0 Å². The number of aryl methyl sites for hydroxylation is 1. The second-order valence-electron chi connectivity index (χ2n) is 2.76. The van der Waals surface area contributed by atoms with Gasteiger partial charge in [-0.05, 0) is 6.92 Å². The van der Waals surface area contributed by atoms with Crippen molar-refractivity contribution in [2.24, 2.45) is 0 Å². The molecule has 5 nitrogen and oxygen atoms in total. The van der Waals surface area contributed by atoms with Crippen LogP contribution in [0.4, 0.5) is 0 Å². The second-order valence-corrected chi connectivity index (χ2v) is 2.76. The van der Waals surface area contributed by atoms with E-state index < -0.39 is 0 Å². The summed E-state index contributed by atoms with van der Waals surface area (Å²) in [7, 11) is 3.64. The Balaban J connectivity index is 2.99. The third-order valence-corrected chi connectivity index (χ3v) is 1.27. The summed E-state index contributed by atoms with van der Waals surface area (Å²) in [6.45, 7) is 1.71. The van der Waals surface area contributed by atoms with E-state index in [1.165, 1.54) is 0 Å². The summed E-state index contributed by atoms with van der Waals surface area (Å²) in [5, 5.41) is 12.4. The minimum Gasteiger partial charge on any atom is -0.382 e. The van der Waals surface area contributed by atoms with Crippen LogP contribution in [0.25, 0.3) is 5.57 Å². The summed E-state index contributed by atoms with van der Waals surface area (Å²) in [6, 6.07) is 1.99. The van der Waals surface area contributed by atoms with E-state index in [2.05, 4.69) is 10.1 Å². The zero-order valence-corrected chi connectivity index (χ0v) is 7.77. The third-order valence-electron chi connectivity index (χ3n) is 1.27. The van der Waals surface area contributed by atoms with Crippen LogP contribution in [0.15, 0.2) is 10.7 Å². The first kappa shape index (κ1) is 9.26. The number of rotatable bonds is 2. The van der Waals surface area contributed by atoms with Gasteiger partial charge in [-0.1, -0.05) is 5.16 Å². The topological polar surface area (TPSA) is 66.0 Å². The molecule has 0 saturated heterocycles. The fourth-order valence-electron chi connectivity index (χ4n) is 0.797. The Morgan fingerprint density at radius 2 is 2.31 bits per heavy atom. The monoisotopic (exact) mass is 178 g/mol. The van der Waals surface area contributed by atoms with Crippen LogP contribution < -0.4 is 0 Å². The van der Waals surface area contributed by atoms with E-state index >= 15 is 0 Å². The maximum Gasteiger partial charge on any atom is 0.270 e. The first-order chi connectivity index (χ1) is 6.13. The van der Waals surface area contributed by atoms with Crippen LogP contribution in [-0.2, 0) is 0 Å². The second kappa shape index (κ2) is 3.72. The van der Waals surface area contributed by atoms with Crippen molar-refractivity contribution in [3.63, 3.8) is 0 Å². The van der Waals surface area contributed by atoms with E-state index in [1.54, 1.807) is 18.0 Å². The van der Waals surface area contributed by atoms with Gasteiger partial charge >= 0.3 is 0 Å². The number of aromatic nitrogens is 2. The number of nitrogens with zero attached hydrogens (tertiary/aromatic N) is 4. The molecule has 0 saturated carbocycles. The smallest absolute Gasteiger partial charge is 0.270 e. The molecule has 0 aliphatic rings. The Hall–Kier alpha value is -1.83. The molecule has 1 heterocycles. The lowest BCUT2D eigenvalue weighted by Crippen LogP contribution is -2.02. The first-order valence-corrected chi connectivity index (χ1v) is 3.72. The Morgan fingerprint density at radius 1 is 1.62 bits per heavy atom. The van der Waals surface area contributed by atoms with Gasteiger partial charge in [0.25, 0.3) is 5.89 Å². The molecule has 0 fully saturated rings. The Bertz CT molecular complexity index is 358. The number of allylic oxidation sites excluding steroid dienone is 1. The molecule has 0 unspecified atom stereocenters. The summed E-state index contributed by atoms with van der Waals surface area (Å²) < 4.78 is 4.84. The summed E-state index contributed by atoms with van der Waals surface area (Å²) in [5.74, 6) is 0.781. The van der Waals surface area contributed by atoms with Crippen LogP contribution in [0.5, 0.6) is 0 Å². The van der Waals surface area contributed by atoms with E-state index in [0.29, 0.717) is 11.4 Å². The molecule has 13 heavy (non-hydrogen) atoms. The molecule has 1 aromatic heterocycles. The van der Waals surface area contributed by atoms with E-state index in [0.717, 1.165) is 0 Å². The molecule has 0 aliphatic carbocycles. The maximum absolute atomic E-state index is 8.76. The molecule has 0 aliphatic heterocycles. The van der Waals surface area contributed by atoms with Crippen LogP contribution in [0.2, 0.25) is 0 Å². The summed E-state index contributed by atoms with van der Waals surface area (Å²) >= 11 is 0. The van der Waals surface area contributed by atoms with E-state index in [1.807, 2.05) is 20.2 Å². The SMILES string of the molecule is Cc1noc(/C(C#N)=C\N(C)C)n1. The third kappa shape index (κ3) is 2.30. The van der Waals surface area contributed by atoms with Crippen molar-refractivity contribution >= 4 is 5.57 Å². The molecule has 0 bridgehead atoms. The van der Waals surface area contributed by atoms with Crippen molar-refractivity contribution in [1.82, 2.24) is 15.0 Å². The number of nitriles is 1. The van der Waals surface area contributed by atoms with Gasteiger partial charge in [-0.2, -0.15) is 10.2 Å². The normalized spacial score (nSPS) is 11.1. The van der Waals surface area contributed by atoms with Crippen molar-refractivity contribution < 1.29 is 4.52 Å². The molecule has 0 aromatic carbocycles. The molecule has 0 amide bonds. The van der Waals surface area contributed by atoms with Crippen LogP contribution in [0.3, 0.4) is 0 Å². The van der Waals surface area contributed by atoms with Gasteiger partial charge in [-0.15, -0.1) is 0 Å². The largest absolute Gasteiger partial charge is 0.382 e. The fourth-order valence-corrected chi connectivity index (χ4v) is 0.797. The predicted octanol–water partition coefficient (Wildman–Crippen LogP) is 0.804. The predicted molar refractivity (Wildman–Crippen MR) is 46.3 cm³/mol. The Kier molecular flexibility index (Phi) is 2.65. The lowest BCUT2D eigenvalue weighted by molar-refractivity contribution is 0.402. The average Bonchev–Trinajstić information content (AvgIpc) is 2.47. The van der Waals surface area contributed by atoms with Crippen molar-refractivity contribution in [3.8, 4) is 6.07 Å². The molecular formula is C8H10N4O. The maximum atomic E-state index is 8.76. The van der Waals surface area contributed by atoms with Gasteiger partial charge in [0.2, 0.25) is 0 Å². The average molecular weight is 178 g/mol. The number of hydrogen-bond donors (Lipinski definition) is 0. The van der Waals surface area contributed by atoms with Crippen LogP contribution >= 0.6 is 0 Å².